The van der Waals surface area contributed by atoms with Gasteiger partial charge in [-0.25, -0.2) is 4.79 Å². The number of primary amides is 1. The molecule has 1 aromatic carbocycles. The van der Waals surface area contributed by atoms with Gasteiger partial charge < -0.3 is 59.5 Å². The van der Waals surface area contributed by atoms with Crippen LogP contribution in [0, 0.1) is 5.92 Å². The predicted molar refractivity (Wildman–Crippen MR) is 175 cm³/mol. The van der Waals surface area contributed by atoms with Gasteiger partial charge in [0.1, 0.15) is 29.9 Å². The normalized spacial score (nSPS) is 13.9. The van der Waals surface area contributed by atoms with E-state index < -0.39 is 78.1 Å². The summed E-state index contributed by atoms with van der Waals surface area (Å²) in [6.45, 7) is 3.60. The van der Waals surface area contributed by atoms with Gasteiger partial charge in [0.15, 0.2) is 5.96 Å². The molecule has 0 fully saturated rings. The van der Waals surface area contributed by atoms with Crippen LogP contribution in [0.4, 0.5) is 0 Å². The smallest absolute Gasteiger partial charge is 0.326 e. The van der Waals surface area contributed by atoms with Gasteiger partial charge in [0.2, 0.25) is 29.5 Å². The van der Waals surface area contributed by atoms with Gasteiger partial charge in [0, 0.05) is 19.4 Å². The number of nitrogens with zero attached hydrogens (tertiary/aromatic N) is 1. The number of carboxylic acid groups (broad SMARTS) is 2. The van der Waals surface area contributed by atoms with Crippen molar-refractivity contribution in [3.63, 3.8) is 0 Å². The molecule has 5 amide bonds. The summed E-state index contributed by atoms with van der Waals surface area (Å²) in [5.74, 6) is -7.54. The van der Waals surface area contributed by atoms with Gasteiger partial charge in [0.25, 0.3) is 0 Å². The molecular formula is C30H47N9O10. The number of benzene rings is 1. The zero-order valence-corrected chi connectivity index (χ0v) is 27.4. The maximum absolute atomic E-state index is 13.6. The van der Waals surface area contributed by atoms with Gasteiger partial charge in [-0.1, -0.05) is 26.0 Å². The van der Waals surface area contributed by atoms with Crippen LogP contribution in [0.5, 0.6) is 5.75 Å². The molecule has 0 aliphatic rings. The predicted octanol–water partition coefficient (Wildman–Crippen LogP) is -2.87. The number of phenols is 1. The fourth-order valence-electron chi connectivity index (χ4n) is 4.47. The second-order valence-electron chi connectivity index (χ2n) is 11.7. The molecule has 19 nitrogen and oxygen atoms in total. The number of rotatable bonds is 22. The highest BCUT2D eigenvalue weighted by molar-refractivity contribution is 5.96. The van der Waals surface area contributed by atoms with E-state index >= 15 is 0 Å². The van der Waals surface area contributed by atoms with E-state index in [0.717, 1.165) is 0 Å². The van der Waals surface area contributed by atoms with E-state index in [1.807, 2.05) is 0 Å². The Morgan fingerprint density at radius 2 is 1.27 bits per heavy atom. The minimum absolute atomic E-state index is 0.0557. The van der Waals surface area contributed by atoms with Gasteiger partial charge in [0.05, 0.1) is 12.5 Å². The summed E-state index contributed by atoms with van der Waals surface area (Å²) in [6, 6.07) is -1.45. The Bertz CT molecular complexity index is 1350. The summed E-state index contributed by atoms with van der Waals surface area (Å²) in [5.41, 5.74) is 22.1. The Labute approximate surface area is 282 Å². The number of hydrogen-bond acceptors (Lipinski definition) is 10. The van der Waals surface area contributed by atoms with Crippen LogP contribution in [0.2, 0.25) is 0 Å². The molecule has 0 saturated carbocycles. The molecule has 0 heterocycles. The van der Waals surface area contributed by atoms with Gasteiger partial charge in [-0.05, 0) is 49.3 Å². The first kappa shape index (κ1) is 41.6. The van der Waals surface area contributed by atoms with Crippen LogP contribution < -0.4 is 44.2 Å². The Morgan fingerprint density at radius 3 is 1.76 bits per heavy atom. The van der Waals surface area contributed by atoms with E-state index in [4.69, 9.17) is 28.0 Å². The molecule has 5 atom stereocenters. The Morgan fingerprint density at radius 1 is 0.755 bits per heavy atom. The van der Waals surface area contributed by atoms with Crippen LogP contribution in [-0.2, 0) is 40.0 Å². The lowest BCUT2D eigenvalue weighted by Crippen LogP contribution is -2.59. The third-order valence-corrected chi connectivity index (χ3v) is 6.95. The Balaban J connectivity index is 3.35. The highest BCUT2D eigenvalue weighted by atomic mass is 16.4. The highest BCUT2D eigenvalue weighted by Crippen LogP contribution is 2.13. The molecule has 0 unspecified atom stereocenters. The average Bonchev–Trinajstić information content (AvgIpc) is 2.99. The number of aliphatic carboxylic acids is 2. The van der Waals surface area contributed by atoms with Crippen LogP contribution in [0.15, 0.2) is 29.3 Å². The molecule has 19 heteroatoms. The minimum atomic E-state index is -1.52. The first-order valence-electron chi connectivity index (χ1n) is 15.4. The molecule has 0 spiro atoms. The summed E-state index contributed by atoms with van der Waals surface area (Å²) in [6.07, 6.45) is -1.43. The van der Waals surface area contributed by atoms with Crippen LogP contribution in [0.25, 0.3) is 0 Å². The molecule has 1 aromatic rings. The lowest BCUT2D eigenvalue weighted by atomic mass is 10.0. The summed E-state index contributed by atoms with van der Waals surface area (Å²) < 4.78 is 0. The number of hydrogen-bond donors (Lipinski definition) is 11. The van der Waals surface area contributed by atoms with Crippen molar-refractivity contribution < 1.29 is 48.9 Å². The van der Waals surface area contributed by atoms with E-state index in [2.05, 4.69) is 26.3 Å². The topological polar surface area (TPSA) is 345 Å². The zero-order chi connectivity index (χ0) is 37.3. The standard InChI is InChI=1S/C30H47N9O10/c1-15(2)12-22(29(48)49)39-26(45)19(4-3-11-35-30(33)34)36-27(46)20(9-10-23(32)41)37-28(47)21(13-16-5-7-17(40)8-6-16)38-25(44)18(31)14-24(42)43/h5-8,15,18-22,40H,3-4,9-14,31H2,1-2H3,(H2,32,41)(H,36,46)(H,37,47)(H,38,44)(H,39,45)(H,42,43)(H,48,49)(H4,33,34,35)/t18-,19-,20-,21-,22-/m0/s1. The van der Waals surface area contributed by atoms with Crippen molar-refractivity contribution >= 4 is 47.4 Å². The van der Waals surface area contributed by atoms with Gasteiger partial charge >= 0.3 is 11.9 Å². The molecule has 0 bridgehead atoms. The van der Waals surface area contributed by atoms with Crippen LogP contribution in [0.3, 0.4) is 0 Å². The second-order valence-corrected chi connectivity index (χ2v) is 11.7. The fraction of sp³-hybridized carbons (Fsp3) is 0.533. The quantitative estimate of drug-likeness (QED) is 0.0331. The maximum atomic E-state index is 13.6. The molecule has 0 aliphatic heterocycles. The lowest BCUT2D eigenvalue weighted by molar-refractivity contribution is -0.143. The molecule has 0 radical (unpaired) electrons. The molecule has 272 valence electrons. The third kappa shape index (κ3) is 16.8. The lowest BCUT2D eigenvalue weighted by Gasteiger charge is -2.26. The molecule has 15 N–H and O–H groups in total. The average molecular weight is 694 g/mol. The first-order chi connectivity index (χ1) is 22.9. The van der Waals surface area contributed by atoms with Crippen LogP contribution in [0.1, 0.15) is 57.9 Å². The van der Waals surface area contributed by atoms with Gasteiger partial charge in [-0.2, -0.15) is 0 Å². The number of guanidine groups is 1. The van der Waals surface area contributed by atoms with Crippen molar-refractivity contribution in [2.75, 3.05) is 6.54 Å². The molecule has 0 aromatic heterocycles. The van der Waals surface area contributed by atoms with Crippen LogP contribution in [-0.4, -0.2) is 99.5 Å². The minimum Gasteiger partial charge on any atom is -0.508 e. The number of carbonyl (C=O) groups is 7. The SMILES string of the molecule is CC(C)C[C@H](NC(=O)[C@H](CCCN=C(N)N)NC(=O)[C@H](CCC(N)=O)NC(=O)[C@H](Cc1ccc(O)cc1)NC(=O)[C@@H](N)CC(=O)O)C(=O)O. The summed E-state index contributed by atoms with van der Waals surface area (Å²) in [7, 11) is 0. The number of phenolic OH excluding ortho intramolecular Hbond substituents is 1. The fourth-order valence-corrected chi connectivity index (χ4v) is 4.47. The molecule has 0 saturated heterocycles. The van der Waals surface area contributed by atoms with Crippen molar-refractivity contribution in [3.05, 3.63) is 29.8 Å². The molecule has 0 aliphatic carbocycles. The Kier molecular flexibility index (Phi) is 17.6. The number of aromatic hydroxyl groups is 1. The van der Waals surface area contributed by atoms with Crippen molar-refractivity contribution in [2.24, 2.45) is 33.8 Å². The second kappa shape index (κ2) is 20.7. The van der Waals surface area contributed by atoms with Gasteiger partial charge in [-0.15, -0.1) is 0 Å². The monoisotopic (exact) mass is 693 g/mol. The highest BCUT2D eigenvalue weighted by Gasteiger charge is 2.32. The maximum Gasteiger partial charge on any atom is 0.326 e. The van der Waals surface area contributed by atoms with E-state index in [-0.39, 0.29) is 62.7 Å². The van der Waals surface area contributed by atoms with Crippen molar-refractivity contribution in [1.29, 1.82) is 0 Å². The van der Waals surface area contributed by atoms with E-state index in [1.165, 1.54) is 24.3 Å². The summed E-state index contributed by atoms with van der Waals surface area (Å²) in [4.78, 5) is 91.4. The van der Waals surface area contributed by atoms with Gasteiger partial charge in [-0.3, -0.25) is 33.8 Å². The molecule has 49 heavy (non-hydrogen) atoms. The van der Waals surface area contributed by atoms with E-state index in [1.54, 1.807) is 13.8 Å². The van der Waals surface area contributed by atoms with E-state index in [9.17, 15) is 43.8 Å². The largest absolute Gasteiger partial charge is 0.508 e. The van der Waals surface area contributed by atoms with Crippen molar-refractivity contribution in [3.8, 4) is 5.75 Å². The van der Waals surface area contributed by atoms with Crippen molar-refractivity contribution in [1.82, 2.24) is 21.3 Å². The number of amides is 5. The summed E-state index contributed by atoms with van der Waals surface area (Å²) in [5, 5.41) is 38.0. The number of carbonyl (C=O) groups excluding carboxylic acids is 5. The first-order valence-corrected chi connectivity index (χ1v) is 15.4. The van der Waals surface area contributed by atoms with E-state index in [0.29, 0.717) is 5.56 Å². The third-order valence-electron chi connectivity index (χ3n) is 6.95. The number of nitrogens with two attached hydrogens (primary N) is 4. The Hall–Kier alpha value is -5.46. The number of aliphatic imine (C=N–C) groups is 1. The molecule has 1 rings (SSSR count). The summed E-state index contributed by atoms with van der Waals surface area (Å²) >= 11 is 0. The molecular weight excluding hydrogens is 646 g/mol. The number of carboxylic acids is 2. The number of nitrogens with one attached hydrogen (secondary N) is 4. The van der Waals surface area contributed by atoms with Crippen molar-refractivity contribution in [2.45, 2.75) is 89.0 Å². The van der Waals surface area contributed by atoms with Crippen LogP contribution >= 0.6 is 0 Å². The zero-order valence-electron chi connectivity index (χ0n) is 27.4.